The predicted octanol–water partition coefficient (Wildman–Crippen LogP) is 3.53. The largest absolute Gasteiger partial charge is 0.497 e. The Hall–Kier alpha value is -2.36. The van der Waals surface area contributed by atoms with Crippen LogP contribution >= 0.6 is 11.3 Å². The van der Waals surface area contributed by atoms with Crippen molar-refractivity contribution in [1.29, 1.82) is 0 Å². The Balaban J connectivity index is 1.94. The van der Waals surface area contributed by atoms with Crippen molar-refractivity contribution in [2.75, 3.05) is 14.2 Å². The molecule has 1 aromatic heterocycles. The van der Waals surface area contributed by atoms with Crippen LogP contribution in [0.3, 0.4) is 0 Å². The lowest BCUT2D eigenvalue weighted by atomic mass is 10.1. The normalized spacial score (nSPS) is 12.8. The summed E-state index contributed by atoms with van der Waals surface area (Å²) in [6, 6.07) is 9.44. The molecule has 3 rings (SSSR count). The molecule has 1 unspecified atom stereocenters. The minimum atomic E-state index is -3.81. The number of aromatic nitrogens is 1. The summed E-state index contributed by atoms with van der Waals surface area (Å²) in [6.07, 6.45) is 0.827. The summed E-state index contributed by atoms with van der Waals surface area (Å²) < 4.78 is 41.5. The van der Waals surface area contributed by atoms with Gasteiger partial charge in [-0.1, -0.05) is 18.3 Å². The first-order chi connectivity index (χ1) is 13.8. The molecule has 3 aromatic rings. The van der Waals surface area contributed by atoms with Gasteiger partial charge in [-0.05, 0) is 49.7 Å². The number of aryl methyl sites for hydroxylation is 1. The van der Waals surface area contributed by atoms with Gasteiger partial charge in [0.15, 0.2) is 0 Å². The van der Waals surface area contributed by atoms with Crippen molar-refractivity contribution in [3.8, 4) is 11.5 Å². The Morgan fingerprint density at radius 3 is 2.55 bits per heavy atom. The zero-order chi connectivity index (χ0) is 21.2. The minimum absolute atomic E-state index is 0.0844. The molecule has 2 aromatic carbocycles. The second-order valence-corrected chi connectivity index (χ2v) is 9.31. The van der Waals surface area contributed by atoms with E-state index in [-0.39, 0.29) is 9.77 Å². The van der Waals surface area contributed by atoms with Crippen molar-refractivity contribution in [2.45, 2.75) is 37.8 Å². The summed E-state index contributed by atoms with van der Waals surface area (Å²) in [4.78, 5) is 12.2. The standard InChI is InChI=1S/C20H24N2O5S2/c1-5-10-22-17-8-7-15(12-19(17)28-20(22)23)29(24,25)21-13(2)16-11-14(26-3)6-9-18(16)27-4/h6-9,11-13,21H,5,10H2,1-4H3. The zero-order valence-electron chi connectivity index (χ0n) is 16.8. The summed E-state index contributed by atoms with van der Waals surface area (Å²) in [6.45, 7) is 4.34. The van der Waals surface area contributed by atoms with E-state index in [2.05, 4.69) is 4.72 Å². The van der Waals surface area contributed by atoms with Gasteiger partial charge >= 0.3 is 4.87 Å². The highest BCUT2D eigenvalue weighted by atomic mass is 32.2. The van der Waals surface area contributed by atoms with E-state index >= 15 is 0 Å². The molecule has 0 spiro atoms. The number of hydrogen-bond donors (Lipinski definition) is 1. The Kier molecular flexibility index (Phi) is 6.30. The molecule has 156 valence electrons. The van der Waals surface area contributed by atoms with Crippen molar-refractivity contribution in [2.24, 2.45) is 0 Å². The quantitative estimate of drug-likeness (QED) is 0.584. The van der Waals surface area contributed by atoms with Crippen LogP contribution in [-0.4, -0.2) is 27.2 Å². The Morgan fingerprint density at radius 1 is 1.14 bits per heavy atom. The van der Waals surface area contributed by atoms with Gasteiger partial charge in [0.1, 0.15) is 11.5 Å². The first-order valence-electron chi connectivity index (χ1n) is 9.18. The summed E-state index contributed by atoms with van der Waals surface area (Å²) in [7, 11) is -0.732. The number of sulfonamides is 1. The number of methoxy groups -OCH3 is 2. The smallest absolute Gasteiger partial charge is 0.308 e. The highest BCUT2D eigenvalue weighted by Crippen LogP contribution is 2.30. The van der Waals surface area contributed by atoms with Crippen LogP contribution in [0.4, 0.5) is 0 Å². The van der Waals surface area contributed by atoms with Crippen molar-refractivity contribution < 1.29 is 17.9 Å². The van der Waals surface area contributed by atoms with Gasteiger partial charge in [-0.25, -0.2) is 13.1 Å². The molecule has 0 aliphatic heterocycles. The maximum atomic E-state index is 13.0. The number of nitrogens with zero attached hydrogens (tertiary/aromatic N) is 1. The van der Waals surface area contributed by atoms with Crippen LogP contribution in [0.2, 0.25) is 0 Å². The van der Waals surface area contributed by atoms with Gasteiger partial charge in [-0.2, -0.15) is 0 Å². The van der Waals surface area contributed by atoms with Crippen molar-refractivity contribution in [3.05, 3.63) is 51.6 Å². The van der Waals surface area contributed by atoms with E-state index in [1.165, 1.54) is 13.2 Å². The highest BCUT2D eigenvalue weighted by Gasteiger charge is 2.22. The topological polar surface area (TPSA) is 86.6 Å². The van der Waals surface area contributed by atoms with E-state index < -0.39 is 16.1 Å². The molecule has 0 aliphatic carbocycles. The van der Waals surface area contributed by atoms with Crippen LogP contribution in [0.5, 0.6) is 11.5 Å². The van der Waals surface area contributed by atoms with E-state index in [4.69, 9.17) is 9.47 Å². The minimum Gasteiger partial charge on any atom is -0.497 e. The SMILES string of the molecule is CCCn1c(=O)sc2cc(S(=O)(=O)NC(C)c3cc(OC)ccc3OC)ccc21. The first-order valence-corrected chi connectivity index (χ1v) is 11.5. The molecule has 0 aliphatic rings. The number of thiazole rings is 1. The van der Waals surface area contributed by atoms with Crippen LogP contribution in [0.25, 0.3) is 10.2 Å². The average Bonchev–Trinajstić information content (AvgIpc) is 3.02. The van der Waals surface area contributed by atoms with Crippen molar-refractivity contribution in [3.63, 3.8) is 0 Å². The average molecular weight is 437 g/mol. The number of fused-ring (bicyclic) bond motifs is 1. The van der Waals surface area contributed by atoms with Gasteiger partial charge in [0.2, 0.25) is 10.0 Å². The Morgan fingerprint density at radius 2 is 1.90 bits per heavy atom. The molecule has 0 radical (unpaired) electrons. The summed E-state index contributed by atoms with van der Waals surface area (Å²) in [5, 5.41) is 0. The van der Waals surface area contributed by atoms with Gasteiger partial charge in [-0.15, -0.1) is 0 Å². The fourth-order valence-corrected chi connectivity index (χ4v) is 5.47. The molecule has 0 bridgehead atoms. The van der Waals surface area contributed by atoms with Crippen LogP contribution < -0.4 is 19.1 Å². The van der Waals surface area contributed by atoms with Gasteiger partial charge in [-0.3, -0.25) is 9.36 Å². The molecule has 0 saturated heterocycles. The Labute approximate surface area is 173 Å². The summed E-state index contributed by atoms with van der Waals surface area (Å²) >= 11 is 1.05. The second-order valence-electron chi connectivity index (χ2n) is 6.60. The van der Waals surface area contributed by atoms with Crippen LogP contribution in [0, 0.1) is 0 Å². The lowest BCUT2D eigenvalue weighted by molar-refractivity contribution is 0.395. The van der Waals surface area contributed by atoms with Gasteiger partial charge in [0.05, 0.1) is 29.3 Å². The van der Waals surface area contributed by atoms with Gasteiger partial charge < -0.3 is 9.47 Å². The highest BCUT2D eigenvalue weighted by molar-refractivity contribution is 7.89. The maximum absolute atomic E-state index is 13.0. The predicted molar refractivity (Wildman–Crippen MR) is 115 cm³/mol. The molecule has 1 N–H and O–H groups in total. The second kappa shape index (κ2) is 8.56. The molecule has 0 fully saturated rings. The molecule has 7 nitrogen and oxygen atoms in total. The number of benzene rings is 2. The number of ether oxygens (including phenoxy) is 2. The van der Waals surface area contributed by atoms with E-state index in [0.717, 1.165) is 23.3 Å². The van der Waals surface area contributed by atoms with Gasteiger partial charge in [0.25, 0.3) is 0 Å². The van der Waals surface area contributed by atoms with Crippen molar-refractivity contribution >= 4 is 31.6 Å². The monoisotopic (exact) mass is 436 g/mol. The number of rotatable bonds is 8. The lowest BCUT2D eigenvalue weighted by Crippen LogP contribution is -2.27. The third kappa shape index (κ3) is 4.31. The molecular formula is C20H24N2O5S2. The molecule has 9 heteroatoms. The zero-order valence-corrected chi connectivity index (χ0v) is 18.4. The van der Waals surface area contributed by atoms with Crippen LogP contribution in [0.15, 0.2) is 46.1 Å². The molecule has 1 atom stereocenters. The Bertz CT molecular complexity index is 1180. The van der Waals surface area contributed by atoms with E-state index in [1.807, 2.05) is 6.92 Å². The molecular weight excluding hydrogens is 412 g/mol. The molecule has 29 heavy (non-hydrogen) atoms. The first kappa shape index (κ1) is 21.4. The fourth-order valence-electron chi connectivity index (χ4n) is 3.19. The van der Waals surface area contributed by atoms with Crippen LogP contribution in [0.1, 0.15) is 31.9 Å². The maximum Gasteiger partial charge on any atom is 0.308 e. The third-order valence-corrected chi connectivity index (χ3v) is 7.11. The fraction of sp³-hybridized carbons (Fsp3) is 0.350. The van der Waals surface area contributed by atoms with Gasteiger partial charge in [0, 0.05) is 18.2 Å². The van der Waals surface area contributed by atoms with E-state index in [0.29, 0.717) is 28.3 Å². The summed E-state index contributed by atoms with van der Waals surface area (Å²) in [5.41, 5.74) is 1.42. The van der Waals surface area contributed by atoms with E-state index in [1.54, 1.807) is 48.9 Å². The lowest BCUT2D eigenvalue weighted by Gasteiger charge is -2.18. The number of hydrogen-bond acceptors (Lipinski definition) is 6. The van der Waals surface area contributed by atoms with Crippen LogP contribution in [-0.2, 0) is 16.6 Å². The molecule has 0 amide bonds. The molecule has 0 saturated carbocycles. The third-order valence-electron chi connectivity index (χ3n) is 4.63. The summed E-state index contributed by atoms with van der Waals surface area (Å²) in [5.74, 6) is 1.17. The molecule has 1 heterocycles. The number of nitrogens with one attached hydrogen (secondary N) is 1. The van der Waals surface area contributed by atoms with E-state index in [9.17, 15) is 13.2 Å². The van der Waals surface area contributed by atoms with Crippen molar-refractivity contribution in [1.82, 2.24) is 9.29 Å².